The number of rotatable bonds is 3. The molecule has 0 amide bonds. The third kappa shape index (κ3) is 2.51. The van der Waals surface area contributed by atoms with Gasteiger partial charge < -0.3 is 5.32 Å². The average molecular weight is 246 g/mol. The van der Waals surface area contributed by atoms with Crippen LogP contribution in [-0.4, -0.2) is 13.6 Å². The average Bonchev–Trinajstić information content (AvgIpc) is 2.04. The van der Waals surface area contributed by atoms with Crippen molar-refractivity contribution in [3.05, 3.63) is 34.3 Å². The first-order chi connectivity index (χ1) is 6.08. The van der Waals surface area contributed by atoms with Crippen LogP contribution in [0, 0.1) is 0 Å². The van der Waals surface area contributed by atoms with Gasteiger partial charge in [-0.05, 0) is 20.0 Å². The number of nitrogens with one attached hydrogen (secondary N) is 1. The van der Waals surface area contributed by atoms with Gasteiger partial charge in [0.05, 0.1) is 0 Å². The molecular formula is C10H13BrFN. The van der Waals surface area contributed by atoms with Gasteiger partial charge in [0.1, 0.15) is 5.67 Å². The van der Waals surface area contributed by atoms with Gasteiger partial charge in [-0.15, -0.1) is 0 Å². The molecule has 0 bridgehead atoms. The molecule has 0 saturated heterocycles. The molecule has 1 N–H and O–H groups in total. The van der Waals surface area contributed by atoms with Crippen LogP contribution < -0.4 is 5.32 Å². The molecule has 0 fully saturated rings. The van der Waals surface area contributed by atoms with E-state index in [9.17, 15) is 4.39 Å². The Bertz CT molecular complexity index is 286. The second kappa shape index (κ2) is 4.20. The van der Waals surface area contributed by atoms with Gasteiger partial charge in [0.25, 0.3) is 0 Å². The molecule has 1 nitrogen and oxygen atoms in total. The van der Waals surface area contributed by atoms with Crippen molar-refractivity contribution >= 4 is 15.9 Å². The quantitative estimate of drug-likeness (QED) is 0.864. The van der Waals surface area contributed by atoms with E-state index in [1.165, 1.54) is 0 Å². The first-order valence-corrected chi connectivity index (χ1v) is 4.96. The van der Waals surface area contributed by atoms with Gasteiger partial charge in [0.2, 0.25) is 0 Å². The van der Waals surface area contributed by atoms with Crippen LogP contribution in [0.5, 0.6) is 0 Å². The Morgan fingerprint density at radius 3 is 2.62 bits per heavy atom. The molecule has 0 aliphatic heterocycles. The normalized spacial score (nSPS) is 15.4. The number of likely N-dealkylation sites (N-methyl/N-ethyl adjacent to an activating group) is 1. The van der Waals surface area contributed by atoms with Crippen molar-refractivity contribution in [2.75, 3.05) is 13.6 Å². The predicted molar refractivity (Wildman–Crippen MR) is 56.5 cm³/mol. The second-order valence-electron chi connectivity index (χ2n) is 3.21. The molecule has 1 aromatic rings. The molecule has 0 spiro atoms. The van der Waals surface area contributed by atoms with E-state index in [-0.39, 0.29) is 0 Å². The Kier molecular flexibility index (Phi) is 3.45. The predicted octanol–water partition coefficient (Wildman–Crippen LogP) is 2.85. The summed E-state index contributed by atoms with van der Waals surface area (Å²) in [6.07, 6.45) is 0. The lowest BCUT2D eigenvalue weighted by Crippen LogP contribution is -2.29. The van der Waals surface area contributed by atoms with E-state index >= 15 is 0 Å². The molecule has 72 valence electrons. The Morgan fingerprint density at radius 1 is 1.46 bits per heavy atom. The minimum absolute atomic E-state index is 0.315. The van der Waals surface area contributed by atoms with E-state index in [0.717, 1.165) is 4.47 Å². The molecule has 13 heavy (non-hydrogen) atoms. The van der Waals surface area contributed by atoms with Crippen molar-refractivity contribution in [1.82, 2.24) is 5.32 Å². The van der Waals surface area contributed by atoms with Crippen LogP contribution in [0.2, 0.25) is 0 Å². The highest BCUT2D eigenvalue weighted by Gasteiger charge is 2.26. The Morgan fingerprint density at radius 2 is 2.08 bits per heavy atom. The van der Waals surface area contributed by atoms with Crippen LogP contribution in [0.1, 0.15) is 12.5 Å². The summed E-state index contributed by atoms with van der Waals surface area (Å²) >= 11 is 3.33. The van der Waals surface area contributed by atoms with Gasteiger partial charge in [0, 0.05) is 16.6 Å². The molecule has 0 radical (unpaired) electrons. The van der Waals surface area contributed by atoms with Crippen LogP contribution in [0.25, 0.3) is 0 Å². The van der Waals surface area contributed by atoms with E-state index in [1.54, 1.807) is 20.0 Å². The highest BCUT2D eigenvalue weighted by Crippen LogP contribution is 2.30. The minimum Gasteiger partial charge on any atom is -0.316 e. The van der Waals surface area contributed by atoms with Gasteiger partial charge in [-0.2, -0.15) is 0 Å². The molecule has 0 saturated carbocycles. The second-order valence-corrected chi connectivity index (χ2v) is 4.06. The first kappa shape index (κ1) is 10.7. The minimum atomic E-state index is -1.32. The zero-order valence-corrected chi connectivity index (χ0v) is 9.36. The summed E-state index contributed by atoms with van der Waals surface area (Å²) in [6.45, 7) is 1.89. The molecule has 1 aromatic carbocycles. The van der Waals surface area contributed by atoms with Gasteiger partial charge >= 0.3 is 0 Å². The highest BCUT2D eigenvalue weighted by atomic mass is 79.9. The summed E-state index contributed by atoms with van der Waals surface area (Å²) < 4.78 is 14.8. The van der Waals surface area contributed by atoms with Crippen LogP contribution in [-0.2, 0) is 5.67 Å². The maximum absolute atomic E-state index is 14.0. The zero-order valence-electron chi connectivity index (χ0n) is 7.77. The maximum atomic E-state index is 14.0. The van der Waals surface area contributed by atoms with E-state index in [0.29, 0.717) is 12.1 Å². The molecule has 0 aliphatic carbocycles. The number of alkyl halides is 1. The third-order valence-electron chi connectivity index (χ3n) is 1.94. The van der Waals surface area contributed by atoms with E-state index < -0.39 is 5.67 Å². The van der Waals surface area contributed by atoms with Crippen molar-refractivity contribution in [2.24, 2.45) is 0 Å². The van der Waals surface area contributed by atoms with Crippen LogP contribution in [0.4, 0.5) is 4.39 Å². The Labute approximate surface area is 86.5 Å². The summed E-state index contributed by atoms with van der Waals surface area (Å²) in [5.41, 5.74) is -0.640. The van der Waals surface area contributed by atoms with E-state index in [2.05, 4.69) is 21.2 Å². The monoisotopic (exact) mass is 245 g/mol. The number of benzene rings is 1. The lowest BCUT2D eigenvalue weighted by Gasteiger charge is -2.21. The summed E-state index contributed by atoms with van der Waals surface area (Å²) in [4.78, 5) is 0. The molecule has 0 heterocycles. The first-order valence-electron chi connectivity index (χ1n) is 4.16. The molecular weight excluding hydrogens is 233 g/mol. The van der Waals surface area contributed by atoms with Gasteiger partial charge in [-0.25, -0.2) is 4.39 Å². The Balaban J connectivity index is 2.99. The third-order valence-corrected chi connectivity index (χ3v) is 2.64. The van der Waals surface area contributed by atoms with Crippen LogP contribution in [0.3, 0.4) is 0 Å². The fourth-order valence-corrected chi connectivity index (χ4v) is 2.01. The topological polar surface area (TPSA) is 12.0 Å². The summed E-state index contributed by atoms with van der Waals surface area (Å²) in [6, 6.07) is 7.36. The summed E-state index contributed by atoms with van der Waals surface area (Å²) in [5, 5.41) is 2.84. The zero-order chi connectivity index (χ0) is 9.90. The van der Waals surface area contributed by atoms with Crippen molar-refractivity contribution in [2.45, 2.75) is 12.6 Å². The number of hydrogen-bond donors (Lipinski definition) is 1. The number of halogens is 2. The van der Waals surface area contributed by atoms with Gasteiger partial charge in [-0.1, -0.05) is 34.1 Å². The van der Waals surface area contributed by atoms with Gasteiger partial charge in [-0.3, -0.25) is 0 Å². The largest absolute Gasteiger partial charge is 0.316 e. The summed E-state index contributed by atoms with van der Waals surface area (Å²) in [7, 11) is 1.74. The van der Waals surface area contributed by atoms with Gasteiger partial charge in [0.15, 0.2) is 0 Å². The smallest absolute Gasteiger partial charge is 0.146 e. The molecule has 0 aliphatic rings. The lowest BCUT2D eigenvalue weighted by atomic mass is 9.98. The van der Waals surface area contributed by atoms with Crippen molar-refractivity contribution in [3.8, 4) is 0 Å². The van der Waals surface area contributed by atoms with Crippen LogP contribution in [0.15, 0.2) is 28.7 Å². The Hall–Kier alpha value is -0.410. The molecule has 1 rings (SSSR count). The molecule has 1 unspecified atom stereocenters. The van der Waals surface area contributed by atoms with Crippen molar-refractivity contribution in [1.29, 1.82) is 0 Å². The molecule has 0 aromatic heterocycles. The maximum Gasteiger partial charge on any atom is 0.146 e. The summed E-state index contributed by atoms with van der Waals surface area (Å²) in [5.74, 6) is 0. The lowest BCUT2D eigenvalue weighted by molar-refractivity contribution is 0.190. The van der Waals surface area contributed by atoms with Crippen molar-refractivity contribution < 1.29 is 4.39 Å². The fourth-order valence-electron chi connectivity index (χ4n) is 1.31. The molecule has 1 atom stereocenters. The van der Waals surface area contributed by atoms with Crippen LogP contribution >= 0.6 is 15.9 Å². The fraction of sp³-hybridized carbons (Fsp3) is 0.400. The van der Waals surface area contributed by atoms with Crippen molar-refractivity contribution in [3.63, 3.8) is 0 Å². The highest BCUT2D eigenvalue weighted by molar-refractivity contribution is 9.10. The number of hydrogen-bond acceptors (Lipinski definition) is 1. The standard InChI is InChI=1S/C10H13BrFN/c1-10(12,7-13-2)8-5-3-4-6-9(8)11/h3-6,13H,7H2,1-2H3. The molecule has 3 heteroatoms. The SMILES string of the molecule is CNCC(C)(F)c1ccccc1Br. The van der Waals surface area contributed by atoms with E-state index in [4.69, 9.17) is 0 Å². The van der Waals surface area contributed by atoms with E-state index in [1.807, 2.05) is 18.2 Å².